The summed E-state index contributed by atoms with van der Waals surface area (Å²) in [7, 11) is 0. The standard InChI is InChI=1S/C13H24N2O4/c1-8(9-6-5-7-19-9)14-12(18)15-10(11(16)17)13(2,3)4/h8-10H,5-7H2,1-4H3,(H,16,17)(H2,14,15,18). The summed E-state index contributed by atoms with van der Waals surface area (Å²) in [5.74, 6) is -1.03. The number of hydrogen-bond acceptors (Lipinski definition) is 3. The van der Waals surface area contributed by atoms with Gasteiger partial charge in [0.05, 0.1) is 12.1 Å². The lowest BCUT2D eigenvalue weighted by molar-refractivity contribution is -0.141. The maximum Gasteiger partial charge on any atom is 0.326 e. The van der Waals surface area contributed by atoms with Gasteiger partial charge in [0.15, 0.2) is 0 Å². The van der Waals surface area contributed by atoms with Crippen LogP contribution in [0.5, 0.6) is 0 Å². The summed E-state index contributed by atoms with van der Waals surface area (Å²) in [5, 5.41) is 14.4. The Morgan fingerprint density at radius 1 is 1.32 bits per heavy atom. The van der Waals surface area contributed by atoms with Crippen molar-refractivity contribution in [2.24, 2.45) is 5.41 Å². The van der Waals surface area contributed by atoms with Crippen LogP contribution in [0.2, 0.25) is 0 Å². The van der Waals surface area contributed by atoms with Crippen molar-refractivity contribution in [3.63, 3.8) is 0 Å². The van der Waals surface area contributed by atoms with Gasteiger partial charge in [-0.1, -0.05) is 20.8 Å². The molecule has 2 amide bonds. The van der Waals surface area contributed by atoms with Crippen molar-refractivity contribution in [1.82, 2.24) is 10.6 Å². The Morgan fingerprint density at radius 3 is 2.37 bits per heavy atom. The van der Waals surface area contributed by atoms with E-state index in [0.717, 1.165) is 19.4 Å². The highest BCUT2D eigenvalue weighted by atomic mass is 16.5. The number of rotatable bonds is 4. The minimum Gasteiger partial charge on any atom is -0.480 e. The first-order valence-electron chi connectivity index (χ1n) is 6.63. The molecule has 6 heteroatoms. The van der Waals surface area contributed by atoms with Crippen molar-refractivity contribution in [3.05, 3.63) is 0 Å². The van der Waals surface area contributed by atoms with Gasteiger partial charge in [-0.2, -0.15) is 0 Å². The molecule has 6 nitrogen and oxygen atoms in total. The fourth-order valence-corrected chi connectivity index (χ4v) is 2.12. The van der Waals surface area contributed by atoms with Crippen LogP contribution >= 0.6 is 0 Å². The molecule has 1 aliphatic heterocycles. The highest BCUT2D eigenvalue weighted by Crippen LogP contribution is 2.19. The molecule has 0 saturated carbocycles. The van der Waals surface area contributed by atoms with Gasteiger partial charge in [-0.15, -0.1) is 0 Å². The number of carbonyl (C=O) groups excluding carboxylic acids is 1. The normalized spacial score (nSPS) is 22.6. The van der Waals surface area contributed by atoms with E-state index in [2.05, 4.69) is 10.6 Å². The Hall–Kier alpha value is -1.30. The van der Waals surface area contributed by atoms with Crippen molar-refractivity contribution in [3.8, 4) is 0 Å². The average molecular weight is 272 g/mol. The molecule has 3 atom stereocenters. The maximum absolute atomic E-state index is 11.8. The Labute approximate surface area is 113 Å². The molecule has 19 heavy (non-hydrogen) atoms. The Balaban J connectivity index is 2.50. The Bertz CT molecular complexity index is 332. The van der Waals surface area contributed by atoms with Gasteiger partial charge in [0.1, 0.15) is 6.04 Å². The van der Waals surface area contributed by atoms with Crippen LogP contribution in [0, 0.1) is 5.41 Å². The predicted molar refractivity (Wildman–Crippen MR) is 71.0 cm³/mol. The summed E-state index contributed by atoms with van der Waals surface area (Å²) in [4.78, 5) is 23.0. The fraction of sp³-hybridized carbons (Fsp3) is 0.846. The number of carbonyl (C=O) groups is 2. The highest BCUT2D eigenvalue weighted by Gasteiger charge is 2.33. The topological polar surface area (TPSA) is 87.7 Å². The monoisotopic (exact) mass is 272 g/mol. The molecule has 1 rings (SSSR count). The number of aliphatic carboxylic acids is 1. The molecule has 0 aromatic carbocycles. The van der Waals surface area contributed by atoms with Gasteiger partial charge in [-0.25, -0.2) is 9.59 Å². The van der Waals surface area contributed by atoms with Gasteiger partial charge in [-0.05, 0) is 25.2 Å². The van der Waals surface area contributed by atoms with Gasteiger partial charge in [-0.3, -0.25) is 0 Å². The Kier molecular flexibility index (Phi) is 5.17. The van der Waals surface area contributed by atoms with E-state index < -0.39 is 23.5 Å². The van der Waals surface area contributed by atoms with E-state index in [9.17, 15) is 9.59 Å². The second-order valence-electron chi connectivity index (χ2n) is 6.10. The first-order chi connectivity index (χ1) is 8.71. The Morgan fingerprint density at radius 2 is 1.95 bits per heavy atom. The fourth-order valence-electron chi connectivity index (χ4n) is 2.12. The highest BCUT2D eigenvalue weighted by molar-refractivity contribution is 5.83. The first-order valence-corrected chi connectivity index (χ1v) is 6.63. The summed E-state index contributed by atoms with van der Waals surface area (Å²) >= 11 is 0. The van der Waals surface area contributed by atoms with Gasteiger partial charge < -0.3 is 20.5 Å². The van der Waals surface area contributed by atoms with Crippen molar-refractivity contribution >= 4 is 12.0 Å². The van der Waals surface area contributed by atoms with Crippen LogP contribution in [0.25, 0.3) is 0 Å². The lowest BCUT2D eigenvalue weighted by Crippen LogP contribution is -2.55. The molecule has 3 unspecified atom stereocenters. The number of ether oxygens (including phenoxy) is 1. The predicted octanol–water partition coefficient (Wildman–Crippen LogP) is 1.35. The number of urea groups is 1. The van der Waals surface area contributed by atoms with Crippen molar-refractivity contribution in [2.75, 3.05) is 6.61 Å². The molecule has 110 valence electrons. The van der Waals surface area contributed by atoms with Crippen molar-refractivity contribution in [1.29, 1.82) is 0 Å². The van der Waals surface area contributed by atoms with E-state index >= 15 is 0 Å². The van der Waals surface area contributed by atoms with Crippen LogP contribution in [0.4, 0.5) is 4.79 Å². The summed E-state index contributed by atoms with van der Waals surface area (Å²) < 4.78 is 5.48. The second kappa shape index (κ2) is 6.23. The lowest BCUT2D eigenvalue weighted by Gasteiger charge is -2.29. The largest absolute Gasteiger partial charge is 0.480 e. The van der Waals surface area contributed by atoms with E-state index in [-0.39, 0.29) is 12.1 Å². The molecule has 1 saturated heterocycles. The molecule has 0 aromatic heterocycles. The molecular weight excluding hydrogens is 248 g/mol. The molecule has 0 radical (unpaired) electrons. The van der Waals surface area contributed by atoms with Crippen LogP contribution < -0.4 is 10.6 Å². The smallest absolute Gasteiger partial charge is 0.326 e. The zero-order valence-corrected chi connectivity index (χ0v) is 12.0. The maximum atomic E-state index is 11.8. The van der Waals surface area contributed by atoms with Crippen LogP contribution in [0.3, 0.4) is 0 Å². The lowest BCUT2D eigenvalue weighted by atomic mass is 9.87. The molecule has 0 bridgehead atoms. The van der Waals surface area contributed by atoms with Gasteiger partial charge >= 0.3 is 12.0 Å². The van der Waals surface area contributed by atoms with E-state index in [0.29, 0.717) is 0 Å². The quantitative estimate of drug-likeness (QED) is 0.721. The molecule has 3 N–H and O–H groups in total. The van der Waals surface area contributed by atoms with Gasteiger partial charge in [0.2, 0.25) is 0 Å². The van der Waals surface area contributed by atoms with Crippen LogP contribution in [-0.4, -0.2) is 41.9 Å². The average Bonchev–Trinajstić information content (AvgIpc) is 2.77. The third-order valence-electron chi connectivity index (χ3n) is 3.27. The van der Waals surface area contributed by atoms with E-state index in [1.807, 2.05) is 6.92 Å². The van der Waals surface area contributed by atoms with Crippen LogP contribution in [-0.2, 0) is 9.53 Å². The zero-order valence-electron chi connectivity index (χ0n) is 12.0. The summed E-state index contributed by atoms with van der Waals surface area (Å²) in [5.41, 5.74) is -0.545. The molecule has 1 aliphatic rings. The van der Waals surface area contributed by atoms with E-state index in [1.165, 1.54) is 0 Å². The minimum absolute atomic E-state index is 0.0173. The SMILES string of the molecule is CC(NC(=O)NC(C(=O)O)C(C)(C)C)C1CCCO1. The summed E-state index contributed by atoms with van der Waals surface area (Å²) in [6.45, 7) is 7.90. The van der Waals surface area contributed by atoms with Crippen LogP contribution in [0.1, 0.15) is 40.5 Å². The second-order valence-corrected chi connectivity index (χ2v) is 6.10. The number of carboxylic acid groups (broad SMARTS) is 1. The summed E-state index contributed by atoms with van der Waals surface area (Å²) in [6, 6.07) is -1.52. The molecule has 1 fully saturated rings. The number of hydrogen-bond donors (Lipinski definition) is 3. The molecule has 0 aromatic rings. The van der Waals surface area contributed by atoms with Crippen molar-refractivity contribution < 1.29 is 19.4 Å². The molecule has 0 spiro atoms. The number of nitrogens with one attached hydrogen (secondary N) is 2. The third kappa shape index (κ3) is 4.70. The molecule has 0 aliphatic carbocycles. The minimum atomic E-state index is -1.03. The first kappa shape index (κ1) is 15.8. The van der Waals surface area contributed by atoms with E-state index in [1.54, 1.807) is 20.8 Å². The third-order valence-corrected chi connectivity index (χ3v) is 3.27. The van der Waals surface area contributed by atoms with Gasteiger partial charge in [0.25, 0.3) is 0 Å². The van der Waals surface area contributed by atoms with Crippen molar-refractivity contribution in [2.45, 2.75) is 58.7 Å². The van der Waals surface area contributed by atoms with Crippen LogP contribution in [0.15, 0.2) is 0 Å². The zero-order chi connectivity index (χ0) is 14.6. The van der Waals surface area contributed by atoms with E-state index in [4.69, 9.17) is 9.84 Å². The van der Waals surface area contributed by atoms with Gasteiger partial charge in [0, 0.05) is 6.61 Å². The molecule has 1 heterocycles. The number of carboxylic acids is 1. The summed E-state index contributed by atoms with van der Waals surface area (Å²) in [6.07, 6.45) is 1.94. The molecular formula is C13H24N2O4. The number of amides is 2.